The molecule has 0 atom stereocenters. The molecule has 0 saturated carbocycles. The van der Waals surface area contributed by atoms with Crippen LogP contribution in [-0.4, -0.2) is 56.5 Å². The van der Waals surface area contributed by atoms with E-state index in [1.54, 1.807) is 26.0 Å². The van der Waals surface area contributed by atoms with Crippen molar-refractivity contribution in [3.05, 3.63) is 52.2 Å². The van der Waals surface area contributed by atoms with E-state index in [1.165, 1.54) is 22.5 Å². The number of anilines is 1. The van der Waals surface area contributed by atoms with Gasteiger partial charge >= 0.3 is 5.97 Å². The van der Waals surface area contributed by atoms with E-state index in [9.17, 15) is 18.5 Å². The summed E-state index contributed by atoms with van der Waals surface area (Å²) in [4.78, 5) is 18.9. The first-order chi connectivity index (χ1) is 14.3. The molecule has 0 aliphatic carbocycles. The van der Waals surface area contributed by atoms with Crippen molar-refractivity contribution >= 4 is 33.4 Å². The minimum atomic E-state index is -3.65. The van der Waals surface area contributed by atoms with E-state index in [-0.39, 0.29) is 30.2 Å². The Labute approximate surface area is 180 Å². The average Bonchev–Trinajstić information content (AvgIpc) is 2.74. The van der Waals surface area contributed by atoms with Crippen LogP contribution >= 0.6 is 11.6 Å². The Morgan fingerprint density at radius 1 is 1.23 bits per heavy atom. The Kier molecular flexibility index (Phi) is 6.61. The molecule has 1 saturated heterocycles. The lowest BCUT2D eigenvalue weighted by atomic mass is 10.1. The molecule has 1 aromatic heterocycles. The Morgan fingerprint density at radius 3 is 2.43 bits per heavy atom. The van der Waals surface area contributed by atoms with Gasteiger partial charge in [-0.1, -0.05) is 11.6 Å². The highest BCUT2D eigenvalue weighted by Crippen LogP contribution is 2.26. The topological polar surface area (TPSA) is 104 Å². The maximum Gasteiger partial charge on any atom is 0.341 e. The smallest absolute Gasteiger partial charge is 0.341 e. The van der Waals surface area contributed by atoms with Gasteiger partial charge in [-0.05, 0) is 44.2 Å². The number of halogens is 1. The highest BCUT2D eigenvalue weighted by molar-refractivity contribution is 7.89. The van der Waals surface area contributed by atoms with Gasteiger partial charge < -0.3 is 9.64 Å². The summed E-state index contributed by atoms with van der Waals surface area (Å²) in [5.74, 6) is -0.166. The third-order valence-electron chi connectivity index (χ3n) is 4.80. The van der Waals surface area contributed by atoms with E-state index in [2.05, 4.69) is 4.98 Å². The molecule has 0 N–H and O–H groups in total. The molecule has 2 heterocycles. The van der Waals surface area contributed by atoms with Crippen molar-refractivity contribution in [1.29, 1.82) is 5.26 Å². The Bertz CT molecular complexity index is 1090. The molecule has 10 heteroatoms. The van der Waals surface area contributed by atoms with Crippen molar-refractivity contribution in [2.24, 2.45) is 0 Å². The number of aryl methyl sites for hydroxylation is 1. The molecule has 0 amide bonds. The number of carbonyl (C=O) groups excluding carboxylic acids is 1. The summed E-state index contributed by atoms with van der Waals surface area (Å²) in [6, 6.07) is 9.55. The zero-order valence-electron chi connectivity index (χ0n) is 16.6. The Hall–Kier alpha value is -2.67. The lowest BCUT2D eigenvalue weighted by Crippen LogP contribution is -2.49. The molecule has 158 valence electrons. The standard InChI is InChI=1S/C20H21ClN4O4S/c1-3-29-20(26)18-12-15(13-22)14(2)23-19(18)24-8-10-25(11-9-24)30(27,28)17-6-4-16(21)5-7-17/h4-7,12H,3,8-11H2,1-2H3. The second-order valence-corrected chi connectivity index (χ2v) is 9.04. The predicted octanol–water partition coefficient (Wildman–Crippen LogP) is 2.60. The lowest BCUT2D eigenvalue weighted by Gasteiger charge is -2.35. The van der Waals surface area contributed by atoms with Crippen LogP contribution in [0.15, 0.2) is 35.2 Å². The fourth-order valence-corrected chi connectivity index (χ4v) is 4.75. The summed E-state index contributed by atoms with van der Waals surface area (Å²) >= 11 is 5.85. The molecule has 1 fully saturated rings. The molecule has 0 radical (unpaired) electrons. The molecule has 1 aliphatic rings. The zero-order valence-corrected chi connectivity index (χ0v) is 18.2. The number of esters is 1. The van der Waals surface area contributed by atoms with Crippen LogP contribution in [0.3, 0.4) is 0 Å². The number of ether oxygens (including phenoxy) is 1. The van der Waals surface area contributed by atoms with Gasteiger partial charge in [0.25, 0.3) is 0 Å². The van der Waals surface area contributed by atoms with Crippen LogP contribution in [0, 0.1) is 18.3 Å². The molecular formula is C20H21ClN4O4S. The van der Waals surface area contributed by atoms with E-state index in [1.807, 2.05) is 11.0 Å². The minimum Gasteiger partial charge on any atom is -0.462 e. The molecule has 0 bridgehead atoms. The highest BCUT2D eigenvalue weighted by atomic mass is 35.5. The van der Waals surface area contributed by atoms with Gasteiger partial charge in [-0.15, -0.1) is 0 Å². The molecule has 0 unspecified atom stereocenters. The van der Waals surface area contributed by atoms with Crippen LogP contribution in [0.25, 0.3) is 0 Å². The fraction of sp³-hybridized carbons (Fsp3) is 0.350. The lowest BCUT2D eigenvalue weighted by molar-refractivity contribution is 0.0526. The summed E-state index contributed by atoms with van der Waals surface area (Å²) in [5, 5.41) is 9.73. The number of nitrogens with zero attached hydrogens (tertiary/aromatic N) is 4. The molecule has 1 aromatic carbocycles. The van der Waals surface area contributed by atoms with Crippen molar-refractivity contribution < 1.29 is 17.9 Å². The van der Waals surface area contributed by atoms with E-state index < -0.39 is 16.0 Å². The van der Waals surface area contributed by atoms with E-state index >= 15 is 0 Å². The van der Waals surface area contributed by atoms with Crippen LogP contribution in [0.2, 0.25) is 5.02 Å². The minimum absolute atomic E-state index is 0.180. The number of nitriles is 1. The molecule has 0 spiro atoms. The number of piperazine rings is 1. The van der Waals surface area contributed by atoms with Gasteiger partial charge in [-0.25, -0.2) is 18.2 Å². The third kappa shape index (κ3) is 4.41. The van der Waals surface area contributed by atoms with Crippen LogP contribution in [0.1, 0.15) is 28.5 Å². The largest absolute Gasteiger partial charge is 0.462 e. The normalized spacial score (nSPS) is 14.9. The number of aromatic nitrogens is 1. The van der Waals surface area contributed by atoms with E-state index in [0.29, 0.717) is 35.2 Å². The van der Waals surface area contributed by atoms with Gasteiger partial charge in [0.2, 0.25) is 10.0 Å². The number of sulfonamides is 1. The van der Waals surface area contributed by atoms with Crippen molar-refractivity contribution in [3.8, 4) is 6.07 Å². The predicted molar refractivity (Wildman–Crippen MR) is 112 cm³/mol. The Balaban J connectivity index is 1.84. The quantitative estimate of drug-likeness (QED) is 0.647. The first kappa shape index (κ1) is 22.0. The average molecular weight is 449 g/mol. The van der Waals surface area contributed by atoms with Gasteiger partial charge in [-0.2, -0.15) is 9.57 Å². The van der Waals surface area contributed by atoms with Gasteiger partial charge in [0, 0.05) is 31.2 Å². The number of rotatable bonds is 5. The maximum absolute atomic E-state index is 12.9. The van der Waals surface area contributed by atoms with Gasteiger partial charge in [-0.3, -0.25) is 0 Å². The molecule has 8 nitrogen and oxygen atoms in total. The monoisotopic (exact) mass is 448 g/mol. The first-order valence-electron chi connectivity index (χ1n) is 9.37. The third-order valence-corrected chi connectivity index (χ3v) is 6.96. The molecule has 3 rings (SSSR count). The number of pyridine rings is 1. The SMILES string of the molecule is CCOC(=O)c1cc(C#N)c(C)nc1N1CCN(S(=O)(=O)c2ccc(Cl)cc2)CC1. The van der Waals surface area contributed by atoms with Crippen molar-refractivity contribution in [2.75, 3.05) is 37.7 Å². The highest BCUT2D eigenvalue weighted by Gasteiger charge is 2.31. The zero-order chi connectivity index (χ0) is 21.9. The molecule has 30 heavy (non-hydrogen) atoms. The van der Waals surface area contributed by atoms with Crippen LogP contribution in [-0.2, 0) is 14.8 Å². The van der Waals surface area contributed by atoms with E-state index in [0.717, 1.165) is 0 Å². The number of carbonyl (C=O) groups is 1. The summed E-state index contributed by atoms with van der Waals surface area (Å²) < 4.78 is 32.3. The molecule has 1 aliphatic heterocycles. The molecular weight excluding hydrogens is 428 g/mol. The molecule has 2 aromatic rings. The van der Waals surface area contributed by atoms with Crippen LogP contribution in [0.5, 0.6) is 0 Å². The maximum atomic E-state index is 12.9. The summed E-state index contributed by atoms with van der Waals surface area (Å²) in [6.45, 7) is 4.74. The summed E-state index contributed by atoms with van der Waals surface area (Å²) in [5.41, 5.74) is 0.996. The number of hydrogen-bond acceptors (Lipinski definition) is 7. The van der Waals surface area contributed by atoms with Gasteiger partial charge in [0.15, 0.2) is 0 Å². The van der Waals surface area contributed by atoms with Gasteiger partial charge in [0.1, 0.15) is 17.5 Å². The second-order valence-electron chi connectivity index (χ2n) is 6.67. The van der Waals surface area contributed by atoms with Crippen molar-refractivity contribution in [1.82, 2.24) is 9.29 Å². The first-order valence-corrected chi connectivity index (χ1v) is 11.2. The van der Waals surface area contributed by atoms with Crippen LogP contribution in [0.4, 0.5) is 5.82 Å². The second kappa shape index (κ2) is 9.00. The van der Waals surface area contributed by atoms with E-state index in [4.69, 9.17) is 16.3 Å². The number of benzene rings is 1. The fourth-order valence-electron chi connectivity index (χ4n) is 3.20. The Morgan fingerprint density at radius 2 is 1.87 bits per heavy atom. The summed E-state index contributed by atoms with van der Waals surface area (Å²) in [6.07, 6.45) is 0. The van der Waals surface area contributed by atoms with Crippen LogP contribution < -0.4 is 4.90 Å². The van der Waals surface area contributed by atoms with Crippen molar-refractivity contribution in [3.63, 3.8) is 0 Å². The van der Waals surface area contributed by atoms with Crippen molar-refractivity contribution in [2.45, 2.75) is 18.7 Å². The summed E-state index contributed by atoms with van der Waals surface area (Å²) in [7, 11) is -3.65. The number of hydrogen-bond donors (Lipinski definition) is 0. The van der Waals surface area contributed by atoms with Gasteiger partial charge in [0.05, 0.1) is 22.8 Å².